The summed E-state index contributed by atoms with van der Waals surface area (Å²) in [6, 6.07) is 8.92. The topological polar surface area (TPSA) is 67.4 Å². The Labute approximate surface area is 156 Å². The third kappa shape index (κ3) is 5.26. The van der Waals surface area contributed by atoms with Gasteiger partial charge >= 0.3 is 0 Å². The van der Waals surface area contributed by atoms with E-state index in [-0.39, 0.29) is 5.92 Å². The zero-order valence-corrected chi connectivity index (χ0v) is 15.4. The molecule has 27 heavy (non-hydrogen) atoms. The van der Waals surface area contributed by atoms with Crippen molar-refractivity contribution in [3.63, 3.8) is 0 Å². The maximum absolute atomic E-state index is 13.8. The highest BCUT2D eigenvalue weighted by atomic mass is 19.1. The van der Waals surface area contributed by atoms with Gasteiger partial charge in [0.25, 0.3) is 5.91 Å². The zero-order valence-electron chi connectivity index (χ0n) is 15.4. The molecule has 0 bridgehead atoms. The van der Waals surface area contributed by atoms with Gasteiger partial charge in [-0.25, -0.2) is 8.78 Å². The van der Waals surface area contributed by atoms with Crippen LogP contribution >= 0.6 is 0 Å². The van der Waals surface area contributed by atoms with E-state index in [0.29, 0.717) is 18.0 Å². The van der Waals surface area contributed by atoms with Crippen LogP contribution in [-0.4, -0.2) is 24.5 Å². The number of rotatable bonds is 7. The fourth-order valence-electron chi connectivity index (χ4n) is 2.48. The second kappa shape index (κ2) is 9.12. The molecular weight excluding hydrogens is 354 g/mol. The first-order valence-electron chi connectivity index (χ1n) is 8.62. The lowest BCUT2D eigenvalue weighted by Gasteiger charge is -2.22. The van der Waals surface area contributed by atoms with Crippen LogP contribution in [0.1, 0.15) is 31.1 Å². The lowest BCUT2D eigenvalue weighted by Crippen LogP contribution is -2.47. The Bertz CT molecular complexity index is 787. The van der Waals surface area contributed by atoms with Gasteiger partial charge < -0.3 is 15.4 Å². The standard InChI is InChI=1S/C20H22F2N2O3/c1-4-27-14-10-8-13(9-11-14)23-20(26)18(12(2)3)24-19(25)17-15(21)6-5-7-16(17)22/h5-12,18H,4H2,1-3H3,(H,23,26)(H,24,25)/t18-/m0/s1. The van der Waals surface area contributed by atoms with Gasteiger partial charge in [-0.3, -0.25) is 9.59 Å². The SMILES string of the molecule is CCOc1ccc(NC(=O)[C@@H](NC(=O)c2c(F)cccc2F)C(C)C)cc1. The zero-order chi connectivity index (χ0) is 20.0. The van der Waals surface area contributed by atoms with Gasteiger partial charge in [-0.1, -0.05) is 19.9 Å². The molecule has 2 N–H and O–H groups in total. The molecule has 0 spiro atoms. The summed E-state index contributed by atoms with van der Waals surface area (Å²) in [5, 5.41) is 5.09. The van der Waals surface area contributed by atoms with E-state index in [0.717, 1.165) is 12.1 Å². The summed E-state index contributed by atoms with van der Waals surface area (Å²) in [6.45, 7) is 5.84. The van der Waals surface area contributed by atoms with Crippen LogP contribution in [-0.2, 0) is 4.79 Å². The number of halogens is 2. The molecule has 0 radical (unpaired) electrons. The third-order valence-electron chi connectivity index (χ3n) is 3.86. The molecule has 0 fully saturated rings. The molecule has 0 aliphatic carbocycles. The van der Waals surface area contributed by atoms with Gasteiger partial charge in [0.2, 0.25) is 5.91 Å². The molecule has 0 aliphatic heterocycles. The number of anilines is 1. The molecule has 0 heterocycles. The van der Waals surface area contributed by atoms with Crippen LogP contribution in [0.5, 0.6) is 5.75 Å². The second-order valence-electron chi connectivity index (χ2n) is 6.24. The summed E-state index contributed by atoms with van der Waals surface area (Å²) >= 11 is 0. The second-order valence-corrected chi connectivity index (χ2v) is 6.24. The number of hydrogen-bond donors (Lipinski definition) is 2. The van der Waals surface area contributed by atoms with E-state index in [1.807, 2.05) is 6.92 Å². The van der Waals surface area contributed by atoms with Crippen molar-refractivity contribution in [3.8, 4) is 5.75 Å². The molecule has 144 valence electrons. The molecule has 0 aliphatic rings. The monoisotopic (exact) mass is 376 g/mol. The normalized spacial score (nSPS) is 11.8. The summed E-state index contributed by atoms with van der Waals surface area (Å²) in [6.07, 6.45) is 0. The molecule has 5 nitrogen and oxygen atoms in total. The van der Waals surface area contributed by atoms with E-state index < -0.39 is 35.1 Å². The quantitative estimate of drug-likeness (QED) is 0.773. The highest BCUT2D eigenvalue weighted by Crippen LogP contribution is 2.17. The number of carbonyl (C=O) groups is 2. The van der Waals surface area contributed by atoms with Crippen LogP contribution in [0.4, 0.5) is 14.5 Å². The average Bonchev–Trinajstić information content (AvgIpc) is 2.61. The Morgan fingerprint density at radius 3 is 2.15 bits per heavy atom. The first-order valence-corrected chi connectivity index (χ1v) is 8.62. The smallest absolute Gasteiger partial charge is 0.257 e. The van der Waals surface area contributed by atoms with Crippen LogP contribution in [0.15, 0.2) is 42.5 Å². The number of benzene rings is 2. The first-order chi connectivity index (χ1) is 12.8. The van der Waals surface area contributed by atoms with Crippen molar-refractivity contribution >= 4 is 17.5 Å². The molecular formula is C20H22F2N2O3. The number of hydrogen-bond acceptors (Lipinski definition) is 3. The van der Waals surface area contributed by atoms with E-state index in [1.54, 1.807) is 38.1 Å². The molecule has 7 heteroatoms. The third-order valence-corrected chi connectivity index (χ3v) is 3.86. The summed E-state index contributed by atoms with van der Waals surface area (Å²) in [5.41, 5.74) is -0.197. The number of amides is 2. The lowest BCUT2D eigenvalue weighted by molar-refractivity contribution is -0.118. The van der Waals surface area contributed by atoms with Crippen LogP contribution in [0, 0.1) is 17.6 Å². The van der Waals surface area contributed by atoms with Crippen molar-refractivity contribution in [2.45, 2.75) is 26.8 Å². The van der Waals surface area contributed by atoms with Gasteiger partial charge in [0.1, 0.15) is 29.0 Å². The minimum absolute atomic E-state index is 0.300. The first kappa shape index (κ1) is 20.4. The maximum atomic E-state index is 13.8. The summed E-state index contributed by atoms with van der Waals surface area (Å²) in [4.78, 5) is 24.8. The van der Waals surface area contributed by atoms with E-state index in [2.05, 4.69) is 10.6 Å². The van der Waals surface area contributed by atoms with Gasteiger partial charge in [-0.05, 0) is 49.2 Å². The van der Waals surface area contributed by atoms with Gasteiger partial charge in [0.05, 0.1) is 6.61 Å². The average molecular weight is 376 g/mol. The van der Waals surface area contributed by atoms with Crippen molar-refractivity contribution in [1.82, 2.24) is 5.32 Å². The van der Waals surface area contributed by atoms with E-state index in [4.69, 9.17) is 4.74 Å². The Kier molecular flexibility index (Phi) is 6.87. The molecule has 2 amide bonds. The maximum Gasteiger partial charge on any atom is 0.257 e. The molecule has 0 saturated heterocycles. The van der Waals surface area contributed by atoms with Crippen LogP contribution in [0.3, 0.4) is 0 Å². The minimum Gasteiger partial charge on any atom is -0.494 e. The highest BCUT2D eigenvalue weighted by molar-refractivity contribution is 6.01. The van der Waals surface area contributed by atoms with Gasteiger partial charge in [-0.2, -0.15) is 0 Å². The fourth-order valence-corrected chi connectivity index (χ4v) is 2.48. The highest BCUT2D eigenvalue weighted by Gasteiger charge is 2.27. The predicted molar refractivity (Wildman–Crippen MR) is 98.7 cm³/mol. The number of nitrogens with one attached hydrogen (secondary N) is 2. The van der Waals surface area contributed by atoms with Crippen LogP contribution in [0.25, 0.3) is 0 Å². The Balaban J connectivity index is 2.12. The van der Waals surface area contributed by atoms with Gasteiger partial charge in [-0.15, -0.1) is 0 Å². The minimum atomic E-state index is -0.984. The fraction of sp³-hybridized carbons (Fsp3) is 0.300. The summed E-state index contributed by atoms with van der Waals surface area (Å²) < 4.78 is 32.9. The van der Waals surface area contributed by atoms with E-state index in [9.17, 15) is 18.4 Å². The van der Waals surface area contributed by atoms with Crippen molar-refractivity contribution < 1.29 is 23.1 Å². The van der Waals surface area contributed by atoms with Gasteiger partial charge in [0, 0.05) is 5.69 Å². The Hall–Kier alpha value is -2.96. The molecule has 0 saturated carbocycles. The van der Waals surface area contributed by atoms with E-state index >= 15 is 0 Å². The predicted octanol–water partition coefficient (Wildman–Crippen LogP) is 3.76. The number of carbonyl (C=O) groups excluding carboxylic acids is 2. The number of ether oxygens (including phenoxy) is 1. The summed E-state index contributed by atoms with van der Waals surface area (Å²) in [5.74, 6) is -3.07. The van der Waals surface area contributed by atoms with Gasteiger partial charge in [0.15, 0.2) is 0 Å². The molecule has 2 rings (SSSR count). The molecule has 0 aromatic heterocycles. The molecule has 2 aromatic rings. The largest absolute Gasteiger partial charge is 0.494 e. The Morgan fingerprint density at radius 1 is 1.04 bits per heavy atom. The van der Waals surface area contributed by atoms with Crippen molar-refractivity contribution in [2.24, 2.45) is 5.92 Å². The Morgan fingerprint density at radius 2 is 1.63 bits per heavy atom. The molecule has 2 aromatic carbocycles. The van der Waals surface area contributed by atoms with Crippen LogP contribution < -0.4 is 15.4 Å². The molecule has 0 unspecified atom stereocenters. The van der Waals surface area contributed by atoms with Crippen molar-refractivity contribution in [1.29, 1.82) is 0 Å². The van der Waals surface area contributed by atoms with Crippen LogP contribution in [0.2, 0.25) is 0 Å². The van der Waals surface area contributed by atoms with Crippen molar-refractivity contribution in [2.75, 3.05) is 11.9 Å². The van der Waals surface area contributed by atoms with E-state index in [1.165, 1.54) is 6.07 Å². The van der Waals surface area contributed by atoms with Crippen molar-refractivity contribution in [3.05, 3.63) is 59.7 Å². The lowest BCUT2D eigenvalue weighted by atomic mass is 10.0. The molecule has 1 atom stereocenters. The summed E-state index contributed by atoms with van der Waals surface area (Å²) in [7, 11) is 0.